The van der Waals surface area contributed by atoms with Crippen LogP contribution in [-0.2, 0) is 29.3 Å². The molecule has 1 fully saturated rings. The van der Waals surface area contributed by atoms with E-state index in [1.54, 1.807) is 0 Å². The summed E-state index contributed by atoms with van der Waals surface area (Å²) in [4.78, 5) is -0.125. The summed E-state index contributed by atoms with van der Waals surface area (Å²) >= 11 is 5.91. The van der Waals surface area contributed by atoms with E-state index in [1.165, 1.54) is 24.3 Å². The van der Waals surface area contributed by atoms with Crippen molar-refractivity contribution in [2.45, 2.75) is 22.2 Å². The maximum Gasteiger partial charge on any atom is 0.208 e. The highest BCUT2D eigenvalue weighted by Crippen LogP contribution is 2.55. The molecule has 1 saturated heterocycles. The Labute approximate surface area is 189 Å². The van der Waals surface area contributed by atoms with Gasteiger partial charge in [0.25, 0.3) is 0 Å². The molecule has 0 amide bonds. The Morgan fingerprint density at radius 3 is 2.41 bits per heavy atom. The van der Waals surface area contributed by atoms with Gasteiger partial charge in [0.05, 0.1) is 29.4 Å². The fourth-order valence-corrected chi connectivity index (χ4v) is 7.42. The van der Waals surface area contributed by atoms with Crippen molar-refractivity contribution in [3.05, 3.63) is 58.6 Å². The van der Waals surface area contributed by atoms with Crippen LogP contribution in [0, 0.1) is 17.6 Å². The Kier molecular flexibility index (Phi) is 6.00. The predicted molar refractivity (Wildman–Crippen MR) is 113 cm³/mol. The molecule has 0 aromatic heterocycles. The Morgan fingerprint density at radius 1 is 1.09 bits per heavy atom. The molecule has 2 aliphatic heterocycles. The zero-order valence-electron chi connectivity index (χ0n) is 16.8. The molecule has 0 bridgehead atoms. The van der Waals surface area contributed by atoms with E-state index in [1.807, 2.05) is 0 Å². The number of ether oxygens (including phenoxy) is 2. The van der Waals surface area contributed by atoms with E-state index in [2.05, 4.69) is 4.72 Å². The molecule has 0 radical (unpaired) electrons. The summed E-state index contributed by atoms with van der Waals surface area (Å²) in [6.45, 7) is -0.678. The van der Waals surface area contributed by atoms with Crippen LogP contribution in [-0.4, -0.2) is 49.0 Å². The van der Waals surface area contributed by atoms with Crippen LogP contribution in [0.2, 0.25) is 5.02 Å². The minimum atomic E-state index is -4.34. The maximum absolute atomic E-state index is 15.2. The highest BCUT2D eigenvalue weighted by atomic mass is 35.5. The third kappa shape index (κ3) is 3.79. The SMILES string of the molecule is CS(=O)(=O)NC[C@H]1OCC[C@]2(S(=O)(=O)c3ccc(Cl)cc3)c3c(F)ccc(F)c3OC[C@H]12. The van der Waals surface area contributed by atoms with Gasteiger partial charge in [0, 0.05) is 24.1 Å². The Balaban J connectivity index is 1.95. The third-order valence-electron chi connectivity index (χ3n) is 5.89. The molecule has 7 nitrogen and oxygen atoms in total. The fraction of sp³-hybridized carbons (Fsp3) is 0.400. The van der Waals surface area contributed by atoms with Crippen molar-refractivity contribution in [3.63, 3.8) is 0 Å². The van der Waals surface area contributed by atoms with E-state index in [0.717, 1.165) is 18.4 Å². The number of benzene rings is 2. The minimum Gasteiger partial charge on any atom is -0.490 e. The molecule has 12 heteroatoms. The van der Waals surface area contributed by atoms with E-state index < -0.39 is 59.6 Å². The van der Waals surface area contributed by atoms with E-state index in [9.17, 15) is 21.2 Å². The van der Waals surface area contributed by atoms with Crippen molar-refractivity contribution in [1.29, 1.82) is 0 Å². The number of halogens is 3. The fourth-order valence-electron chi connectivity index (χ4n) is 4.48. The van der Waals surface area contributed by atoms with Crippen molar-refractivity contribution in [3.8, 4) is 5.75 Å². The van der Waals surface area contributed by atoms with Gasteiger partial charge in [-0.05, 0) is 42.8 Å². The quantitative estimate of drug-likeness (QED) is 0.668. The smallest absolute Gasteiger partial charge is 0.208 e. The first kappa shape index (κ1) is 23.4. The number of hydrogen-bond donors (Lipinski definition) is 1. The van der Waals surface area contributed by atoms with Gasteiger partial charge in [-0.1, -0.05) is 11.6 Å². The molecule has 2 aromatic carbocycles. The zero-order chi connectivity index (χ0) is 23.3. The first-order valence-electron chi connectivity index (χ1n) is 9.65. The van der Waals surface area contributed by atoms with Crippen LogP contribution in [0.5, 0.6) is 5.75 Å². The lowest BCUT2D eigenvalue weighted by Gasteiger charge is -2.50. The summed E-state index contributed by atoms with van der Waals surface area (Å²) in [5.74, 6) is -3.30. The molecule has 1 N–H and O–H groups in total. The van der Waals surface area contributed by atoms with Crippen LogP contribution in [0.25, 0.3) is 0 Å². The molecule has 0 unspecified atom stereocenters. The lowest BCUT2D eigenvalue weighted by molar-refractivity contribution is -0.0687. The number of sulfone groups is 1. The molecule has 0 aliphatic carbocycles. The van der Waals surface area contributed by atoms with Crippen molar-refractivity contribution >= 4 is 31.5 Å². The summed E-state index contributed by atoms with van der Waals surface area (Å²) in [6, 6.07) is 7.12. The monoisotopic (exact) mass is 507 g/mol. The Hall–Kier alpha value is -1.79. The average Bonchev–Trinajstić information content (AvgIpc) is 2.73. The van der Waals surface area contributed by atoms with Crippen molar-refractivity contribution in [2.75, 3.05) is 26.0 Å². The van der Waals surface area contributed by atoms with Gasteiger partial charge < -0.3 is 9.47 Å². The van der Waals surface area contributed by atoms with Crippen molar-refractivity contribution < 1.29 is 35.1 Å². The summed E-state index contributed by atoms with van der Waals surface area (Å²) in [5.41, 5.74) is -0.406. The van der Waals surface area contributed by atoms with Gasteiger partial charge in [-0.2, -0.15) is 0 Å². The predicted octanol–water partition coefficient (Wildman–Crippen LogP) is 2.63. The first-order chi connectivity index (χ1) is 15.0. The van der Waals surface area contributed by atoms with Gasteiger partial charge in [-0.25, -0.2) is 30.3 Å². The second kappa shape index (κ2) is 8.21. The molecular formula is C20H20ClF2NO6S2. The van der Waals surface area contributed by atoms with Gasteiger partial charge in [0.2, 0.25) is 10.0 Å². The topological polar surface area (TPSA) is 98.8 Å². The van der Waals surface area contributed by atoms with Crippen LogP contribution in [0.4, 0.5) is 8.78 Å². The van der Waals surface area contributed by atoms with Crippen LogP contribution < -0.4 is 9.46 Å². The molecule has 2 aliphatic rings. The van der Waals surface area contributed by atoms with Crippen LogP contribution in [0.15, 0.2) is 41.3 Å². The normalized spacial score (nSPS) is 25.5. The van der Waals surface area contributed by atoms with Gasteiger partial charge in [0.15, 0.2) is 21.4 Å². The summed E-state index contributed by atoms with van der Waals surface area (Å²) in [7, 11) is -7.96. The maximum atomic E-state index is 15.2. The number of nitrogens with one attached hydrogen (secondary N) is 1. The highest BCUT2D eigenvalue weighted by Gasteiger charge is 2.61. The molecule has 32 heavy (non-hydrogen) atoms. The van der Waals surface area contributed by atoms with Gasteiger partial charge in [0.1, 0.15) is 10.6 Å². The highest BCUT2D eigenvalue weighted by molar-refractivity contribution is 7.92. The van der Waals surface area contributed by atoms with E-state index in [4.69, 9.17) is 21.1 Å². The average molecular weight is 508 g/mol. The van der Waals surface area contributed by atoms with Crippen LogP contribution >= 0.6 is 11.6 Å². The largest absolute Gasteiger partial charge is 0.490 e. The van der Waals surface area contributed by atoms with Gasteiger partial charge in [-0.15, -0.1) is 0 Å². The standard InChI is InChI=1S/C20H20ClF2NO6S2/c1-31(25,26)24-10-17-14-11-30-19-16(23)7-6-15(22)18(19)20(14,8-9-29-17)32(27,28)13-4-2-12(21)3-5-13/h2-7,14,17,24H,8-11H2,1H3/t14-,17-,20-/m1/s1. The lowest BCUT2D eigenvalue weighted by atomic mass is 9.76. The molecule has 2 aromatic rings. The molecule has 4 rings (SSSR count). The van der Waals surface area contributed by atoms with Crippen LogP contribution in [0.3, 0.4) is 0 Å². The second-order valence-corrected chi connectivity index (χ2v) is 12.3. The summed E-state index contributed by atoms with van der Waals surface area (Å²) < 4.78 is 92.7. The minimum absolute atomic E-state index is 0.116. The lowest BCUT2D eigenvalue weighted by Crippen LogP contribution is -2.59. The third-order valence-corrected chi connectivity index (χ3v) is 9.40. The summed E-state index contributed by atoms with van der Waals surface area (Å²) in [5, 5.41) is 0.310. The summed E-state index contributed by atoms with van der Waals surface area (Å²) in [6.07, 6.45) is -0.180. The van der Waals surface area contributed by atoms with Gasteiger partial charge in [-0.3, -0.25) is 0 Å². The molecule has 3 atom stereocenters. The first-order valence-corrected chi connectivity index (χ1v) is 13.4. The van der Waals surface area contributed by atoms with Crippen molar-refractivity contribution in [2.24, 2.45) is 5.92 Å². The second-order valence-electron chi connectivity index (χ2n) is 7.78. The van der Waals surface area contributed by atoms with Gasteiger partial charge >= 0.3 is 0 Å². The number of fused-ring (bicyclic) bond motifs is 3. The van der Waals surface area contributed by atoms with E-state index in [-0.39, 0.29) is 31.1 Å². The Bertz CT molecular complexity index is 1250. The molecule has 2 heterocycles. The number of sulfonamides is 1. The number of rotatable bonds is 5. The van der Waals surface area contributed by atoms with Crippen molar-refractivity contribution in [1.82, 2.24) is 4.72 Å². The molecule has 174 valence electrons. The van der Waals surface area contributed by atoms with E-state index in [0.29, 0.717) is 5.02 Å². The molecule has 0 spiro atoms. The number of hydrogen-bond acceptors (Lipinski definition) is 6. The van der Waals surface area contributed by atoms with E-state index >= 15 is 4.39 Å². The molecular weight excluding hydrogens is 488 g/mol. The zero-order valence-corrected chi connectivity index (χ0v) is 19.2. The Morgan fingerprint density at radius 2 is 1.75 bits per heavy atom. The van der Waals surface area contributed by atoms with Crippen LogP contribution in [0.1, 0.15) is 12.0 Å². The molecule has 0 saturated carbocycles.